The molecule has 1 aromatic carbocycles. The molecule has 0 heterocycles. The number of thioether (sulfide) groups is 1. The number of benzene rings is 1. The molecule has 1 aromatic rings. The number of carbonyl (C=O) groups is 1. The van der Waals surface area contributed by atoms with Gasteiger partial charge in [0.15, 0.2) is 0 Å². The van der Waals surface area contributed by atoms with E-state index in [0.29, 0.717) is 11.3 Å². The van der Waals surface area contributed by atoms with E-state index in [1.807, 2.05) is 0 Å². The lowest BCUT2D eigenvalue weighted by atomic mass is 10.2. The van der Waals surface area contributed by atoms with Crippen molar-refractivity contribution in [2.75, 3.05) is 0 Å². The summed E-state index contributed by atoms with van der Waals surface area (Å²) in [6, 6.07) is 6.35. The average molecular weight is 277 g/mol. The number of halogens is 2. The molecule has 0 saturated carbocycles. The first-order valence-electron chi connectivity index (χ1n) is 5.10. The number of aliphatic carboxylic acids is 1. The summed E-state index contributed by atoms with van der Waals surface area (Å²) in [5, 5.41) is 7.96. The Morgan fingerprint density at radius 1 is 1.44 bits per heavy atom. The Kier molecular flexibility index (Phi) is 5.87. The van der Waals surface area contributed by atoms with E-state index in [0.717, 1.165) is 0 Å². The molecule has 18 heavy (non-hydrogen) atoms. The number of carboxylic acid groups (broad SMARTS) is 1. The number of hydrogen-bond donors (Lipinski definition) is 2. The lowest BCUT2D eigenvalue weighted by Crippen LogP contribution is -2.20. The summed E-state index contributed by atoms with van der Waals surface area (Å²) in [6.07, 6.45) is -0.178. The van der Waals surface area contributed by atoms with Gasteiger partial charge < -0.3 is 15.6 Å². The van der Waals surface area contributed by atoms with Gasteiger partial charge in [0.25, 0.3) is 0 Å². The molecule has 1 rings (SSSR count). The Labute approximate surface area is 107 Å². The summed E-state index contributed by atoms with van der Waals surface area (Å²) in [5.74, 6) is -0.591. The molecule has 7 heteroatoms. The van der Waals surface area contributed by atoms with Gasteiger partial charge in [0.2, 0.25) is 0 Å². The van der Waals surface area contributed by atoms with Gasteiger partial charge >= 0.3 is 12.6 Å². The van der Waals surface area contributed by atoms with Crippen LogP contribution in [0.1, 0.15) is 12.0 Å². The number of ether oxygens (including phenoxy) is 1. The van der Waals surface area contributed by atoms with Gasteiger partial charge in [-0.3, -0.25) is 4.79 Å². The summed E-state index contributed by atoms with van der Waals surface area (Å²) in [5.41, 5.74) is 6.13. The van der Waals surface area contributed by atoms with Crippen LogP contribution in [0.4, 0.5) is 8.78 Å². The van der Waals surface area contributed by atoms with Gasteiger partial charge in [-0.05, 0) is 6.07 Å². The number of alkyl halides is 2. The number of para-hydroxylation sites is 1. The van der Waals surface area contributed by atoms with Crippen LogP contribution in [0.3, 0.4) is 0 Å². The van der Waals surface area contributed by atoms with Crippen molar-refractivity contribution in [1.29, 1.82) is 0 Å². The second kappa shape index (κ2) is 7.17. The van der Waals surface area contributed by atoms with Crippen LogP contribution in [0.15, 0.2) is 24.3 Å². The van der Waals surface area contributed by atoms with Crippen molar-refractivity contribution in [3.05, 3.63) is 29.8 Å². The standard InChI is InChI=1S/C11H13F2NO3S/c12-11(13)17-8-4-2-1-3-7(8)6-18-9(14)5-10(15)16/h1-4,9,11H,5-6,14H2,(H,15,16). The minimum atomic E-state index is -2.89. The van der Waals surface area contributed by atoms with E-state index in [9.17, 15) is 13.6 Å². The van der Waals surface area contributed by atoms with Gasteiger partial charge in [-0.1, -0.05) is 18.2 Å². The predicted octanol–water partition coefficient (Wildman–Crippen LogP) is 2.28. The Bertz CT molecular complexity index is 404. The van der Waals surface area contributed by atoms with E-state index in [4.69, 9.17) is 10.8 Å². The van der Waals surface area contributed by atoms with Crippen molar-refractivity contribution in [1.82, 2.24) is 0 Å². The van der Waals surface area contributed by atoms with Crippen molar-refractivity contribution in [3.63, 3.8) is 0 Å². The van der Waals surface area contributed by atoms with E-state index < -0.39 is 18.0 Å². The maximum absolute atomic E-state index is 12.1. The molecule has 0 bridgehead atoms. The average Bonchev–Trinajstić information content (AvgIpc) is 2.26. The second-order valence-corrected chi connectivity index (χ2v) is 4.66. The Balaban J connectivity index is 2.58. The summed E-state index contributed by atoms with van der Waals surface area (Å²) in [7, 11) is 0. The fourth-order valence-electron chi connectivity index (χ4n) is 1.26. The first-order chi connectivity index (χ1) is 8.49. The number of nitrogens with two attached hydrogens (primary N) is 1. The van der Waals surface area contributed by atoms with E-state index in [2.05, 4.69) is 4.74 Å². The lowest BCUT2D eigenvalue weighted by Gasteiger charge is -2.12. The largest absolute Gasteiger partial charge is 0.481 e. The third-order valence-corrected chi connectivity index (χ3v) is 3.09. The molecule has 1 atom stereocenters. The van der Waals surface area contributed by atoms with E-state index in [1.165, 1.54) is 17.8 Å². The summed E-state index contributed by atoms with van der Waals surface area (Å²) >= 11 is 1.17. The molecule has 0 aliphatic rings. The van der Waals surface area contributed by atoms with Crippen molar-refractivity contribution in [3.8, 4) is 5.75 Å². The third kappa shape index (κ3) is 5.33. The Morgan fingerprint density at radius 3 is 2.72 bits per heavy atom. The Hall–Kier alpha value is -1.34. The number of carboxylic acids is 1. The maximum atomic E-state index is 12.1. The molecule has 0 amide bonds. The highest BCUT2D eigenvalue weighted by atomic mass is 32.2. The highest BCUT2D eigenvalue weighted by Crippen LogP contribution is 2.26. The van der Waals surface area contributed by atoms with Crippen LogP contribution in [-0.2, 0) is 10.5 Å². The topological polar surface area (TPSA) is 72.6 Å². The summed E-state index contributed by atoms with van der Waals surface area (Å²) in [6.45, 7) is -2.89. The predicted molar refractivity (Wildman–Crippen MR) is 64.6 cm³/mol. The molecule has 0 aromatic heterocycles. The fraction of sp³-hybridized carbons (Fsp3) is 0.364. The fourth-order valence-corrected chi connectivity index (χ4v) is 2.15. The van der Waals surface area contributed by atoms with Crippen LogP contribution in [0.2, 0.25) is 0 Å². The third-order valence-electron chi connectivity index (χ3n) is 2.02. The Morgan fingerprint density at radius 2 is 2.11 bits per heavy atom. The van der Waals surface area contributed by atoms with E-state index in [-0.39, 0.29) is 12.2 Å². The van der Waals surface area contributed by atoms with Crippen LogP contribution in [-0.4, -0.2) is 23.1 Å². The van der Waals surface area contributed by atoms with Gasteiger partial charge in [-0.25, -0.2) is 0 Å². The van der Waals surface area contributed by atoms with Gasteiger partial charge in [-0.15, -0.1) is 11.8 Å². The molecule has 0 aliphatic heterocycles. The van der Waals surface area contributed by atoms with Gasteiger partial charge in [0.05, 0.1) is 11.8 Å². The quantitative estimate of drug-likeness (QED) is 0.748. The highest BCUT2D eigenvalue weighted by Gasteiger charge is 2.12. The summed E-state index contributed by atoms with van der Waals surface area (Å²) in [4.78, 5) is 10.4. The molecule has 0 saturated heterocycles. The van der Waals surface area contributed by atoms with Crippen molar-refractivity contribution in [2.24, 2.45) is 5.73 Å². The zero-order valence-electron chi connectivity index (χ0n) is 9.38. The van der Waals surface area contributed by atoms with Crippen LogP contribution in [0, 0.1) is 0 Å². The molecule has 4 nitrogen and oxygen atoms in total. The molecular weight excluding hydrogens is 264 g/mol. The monoisotopic (exact) mass is 277 g/mol. The normalized spacial score (nSPS) is 12.4. The van der Waals surface area contributed by atoms with E-state index >= 15 is 0 Å². The SMILES string of the molecule is NC(CC(=O)O)SCc1ccccc1OC(F)F. The molecular formula is C11H13F2NO3S. The van der Waals surface area contributed by atoms with Crippen LogP contribution in [0.5, 0.6) is 5.75 Å². The molecule has 0 spiro atoms. The zero-order chi connectivity index (χ0) is 13.5. The van der Waals surface area contributed by atoms with Gasteiger partial charge in [-0.2, -0.15) is 8.78 Å². The molecule has 100 valence electrons. The summed E-state index contributed by atoms with van der Waals surface area (Å²) < 4.78 is 28.6. The lowest BCUT2D eigenvalue weighted by molar-refractivity contribution is -0.136. The highest BCUT2D eigenvalue weighted by molar-refractivity contribution is 7.99. The number of rotatable bonds is 7. The minimum absolute atomic E-state index is 0.0857. The first-order valence-corrected chi connectivity index (χ1v) is 6.15. The van der Waals surface area contributed by atoms with Crippen LogP contribution < -0.4 is 10.5 Å². The molecule has 1 unspecified atom stereocenters. The number of hydrogen-bond acceptors (Lipinski definition) is 4. The van der Waals surface area contributed by atoms with E-state index in [1.54, 1.807) is 18.2 Å². The van der Waals surface area contributed by atoms with Crippen LogP contribution in [0.25, 0.3) is 0 Å². The minimum Gasteiger partial charge on any atom is -0.481 e. The zero-order valence-corrected chi connectivity index (χ0v) is 10.2. The van der Waals surface area contributed by atoms with Crippen molar-refractivity contribution < 1.29 is 23.4 Å². The van der Waals surface area contributed by atoms with Crippen molar-refractivity contribution >= 4 is 17.7 Å². The smallest absolute Gasteiger partial charge is 0.387 e. The van der Waals surface area contributed by atoms with Crippen LogP contribution >= 0.6 is 11.8 Å². The van der Waals surface area contributed by atoms with Gasteiger partial charge in [0, 0.05) is 11.3 Å². The maximum Gasteiger partial charge on any atom is 0.387 e. The first kappa shape index (κ1) is 14.7. The van der Waals surface area contributed by atoms with Crippen molar-refractivity contribution in [2.45, 2.75) is 24.2 Å². The molecule has 0 fully saturated rings. The molecule has 0 radical (unpaired) electrons. The molecule has 3 N–H and O–H groups in total. The second-order valence-electron chi connectivity index (χ2n) is 3.43. The van der Waals surface area contributed by atoms with Gasteiger partial charge in [0.1, 0.15) is 5.75 Å². The molecule has 0 aliphatic carbocycles.